The smallest absolute Gasteiger partial charge is 0.369 e. The number of hydrogen-bond acceptors (Lipinski definition) is 2. The molecule has 0 saturated carbocycles. The Morgan fingerprint density at radius 2 is 1.18 bits per heavy atom. The number of benzene rings is 1. The zero-order valence-electron chi connectivity index (χ0n) is 11.1. The molecule has 2 rings (SSSR count). The maximum atomic E-state index is 12.7. The van der Waals surface area contributed by atoms with Gasteiger partial charge in [0.1, 0.15) is 0 Å². The Morgan fingerprint density at radius 1 is 0.773 bits per heavy atom. The first-order valence-corrected chi connectivity index (χ1v) is 5.93. The summed E-state index contributed by atoms with van der Waals surface area (Å²) in [4.78, 5) is 1.51. The maximum Gasteiger partial charge on any atom is 0.416 e. The van der Waals surface area contributed by atoms with Gasteiger partial charge in [-0.15, -0.1) is 24.8 Å². The van der Waals surface area contributed by atoms with E-state index >= 15 is 0 Å². The zero-order chi connectivity index (χ0) is 15.0. The van der Waals surface area contributed by atoms with Crippen molar-refractivity contribution in [2.45, 2.75) is 12.4 Å². The van der Waals surface area contributed by atoms with Gasteiger partial charge in [-0.2, -0.15) is 26.3 Å². The highest BCUT2D eigenvalue weighted by molar-refractivity contribution is 5.85. The molecule has 1 aromatic rings. The van der Waals surface area contributed by atoms with E-state index in [1.807, 2.05) is 0 Å². The number of alkyl halides is 6. The van der Waals surface area contributed by atoms with Crippen LogP contribution in [-0.4, -0.2) is 26.2 Å². The van der Waals surface area contributed by atoms with E-state index in [-0.39, 0.29) is 36.6 Å². The lowest BCUT2D eigenvalue weighted by molar-refractivity contribution is -0.143. The lowest BCUT2D eigenvalue weighted by Crippen LogP contribution is -2.43. The quantitative estimate of drug-likeness (QED) is 0.752. The minimum Gasteiger partial charge on any atom is -0.369 e. The van der Waals surface area contributed by atoms with Crippen molar-refractivity contribution in [3.8, 4) is 0 Å². The second-order valence-electron chi connectivity index (χ2n) is 4.50. The number of halogens is 8. The average Bonchev–Trinajstić information content (AvgIpc) is 2.37. The predicted octanol–water partition coefficient (Wildman–Crippen LogP) is 3.98. The van der Waals surface area contributed by atoms with Crippen molar-refractivity contribution in [1.82, 2.24) is 5.32 Å². The van der Waals surface area contributed by atoms with Crippen molar-refractivity contribution >= 4 is 30.5 Å². The lowest BCUT2D eigenvalue weighted by atomic mass is 10.1. The van der Waals surface area contributed by atoms with E-state index in [4.69, 9.17) is 0 Å². The topological polar surface area (TPSA) is 15.3 Å². The SMILES string of the molecule is Cl.Cl.FC(F)(F)c1cc(N2CCNCC2)cc(C(F)(F)F)c1. The highest BCUT2D eigenvalue weighted by Gasteiger charge is 2.37. The van der Waals surface area contributed by atoms with Gasteiger partial charge in [0.25, 0.3) is 0 Å². The first-order valence-electron chi connectivity index (χ1n) is 5.93. The van der Waals surface area contributed by atoms with Crippen molar-refractivity contribution in [2.75, 3.05) is 31.1 Å². The Bertz CT molecular complexity index is 451. The minimum absolute atomic E-state index is 0. The minimum atomic E-state index is -4.80. The summed E-state index contributed by atoms with van der Waals surface area (Å²) >= 11 is 0. The molecule has 22 heavy (non-hydrogen) atoms. The standard InChI is InChI=1S/C12H12F6N2.2ClH/c13-11(14,15)8-5-9(12(16,17)18)7-10(6-8)20-3-1-19-2-4-20;;/h5-7,19H,1-4H2;2*1H. The zero-order valence-corrected chi connectivity index (χ0v) is 12.7. The number of rotatable bonds is 1. The van der Waals surface area contributed by atoms with Gasteiger partial charge in [-0.25, -0.2) is 0 Å². The van der Waals surface area contributed by atoms with Gasteiger partial charge in [-0.3, -0.25) is 0 Å². The second-order valence-corrected chi connectivity index (χ2v) is 4.50. The molecule has 10 heteroatoms. The van der Waals surface area contributed by atoms with Crippen molar-refractivity contribution in [3.05, 3.63) is 29.3 Å². The summed E-state index contributed by atoms with van der Waals surface area (Å²) in [6.45, 7) is 1.80. The van der Waals surface area contributed by atoms with Crippen LogP contribution >= 0.6 is 24.8 Å². The van der Waals surface area contributed by atoms with Crippen molar-refractivity contribution in [2.24, 2.45) is 0 Å². The summed E-state index contributed by atoms with van der Waals surface area (Å²) in [5.41, 5.74) is -2.60. The Morgan fingerprint density at radius 3 is 1.55 bits per heavy atom. The van der Waals surface area contributed by atoms with E-state index in [1.165, 1.54) is 4.90 Å². The van der Waals surface area contributed by atoms with Crippen LogP contribution in [0.3, 0.4) is 0 Å². The summed E-state index contributed by atoms with van der Waals surface area (Å²) in [6.07, 6.45) is -9.60. The molecule has 1 aliphatic rings. The fourth-order valence-corrected chi connectivity index (χ4v) is 2.04. The molecule has 1 aliphatic heterocycles. The van der Waals surface area contributed by atoms with Crippen LogP contribution in [0, 0.1) is 0 Å². The molecule has 128 valence electrons. The van der Waals surface area contributed by atoms with Gasteiger partial charge in [0.2, 0.25) is 0 Å². The average molecular weight is 371 g/mol. The van der Waals surface area contributed by atoms with Gasteiger partial charge in [-0.05, 0) is 18.2 Å². The van der Waals surface area contributed by atoms with Gasteiger partial charge < -0.3 is 10.2 Å². The molecule has 0 bridgehead atoms. The van der Waals surface area contributed by atoms with Crippen LogP contribution in [0.5, 0.6) is 0 Å². The van der Waals surface area contributed by atoms with E-state index in [9.17, 15) is 26.3 Å². The monoisotopic (exact) mass is 370 g/mol. The fourth-order valence-electron chi connectivity index (χ4n) is 2.04. The van der Waals surface area contributed by atoms with Crippen molar-refractivity contribution < 1.29 is 26.3 Å². The molecular formula is C12H14Cl2F6N2. The van der Waals surface area contributed by atoms with E-state index in [2.05, 4.69) is 5.32 Å². The highest BCUT2D eigenvalue weighted by Crippen LogP contribution is 2.38. The van der Waals surface area contributed by atoms with E-state index in [0.29, 0.717) is 26.2 Å². The summed E-state index contributed by atoms with van der Waals surface area (Å²) in [5.74, 6) is 0. The Balaban J connectivity index is 0.00000220. The fraction of sp³-hybridized carbons (Fsp3) is 0.500. The van der Waals surface area contributed by atoms with Gasteiger partial charge in [0.15, 0.2) is 0 Å². The van der Waals surface area contributed by atoms with E-state index in [1.54, 1.807) is 0 Å². The molecule has 0 amide bonds. The first-order chi connectivity index (χ1) is 9.18. The molecule has 0 aliphatic carbocycles. The highest BCUT2D eigenvalue weighted by atomic mass is 35.5. The third-order valence-electron chi connectivity index (χ3n) is 3.05. The van der Waals surface area contributed by atoms with Crippen LogP contribution in [0.4, 0.5) is 32.0 Å². The number of hydrogen-bond donors (Lipinski definition) is 1. The molecule has 0 radical (unpaired) electrons. The summed E-state index contributed by atoms with van der Waals surface area (Å²) in [7, 11) is 0. The number of piperazine rings is 1. The number of nitrogens with zero attached hydrogens (tertiary/aromatic N) is 1. The third kappa shape index (κ3) is 5.10. The summed E-state index contributed by atoms with van der Waals surface area (Å²) < 4.78 is 76.2. The first kappa shape index (κ1) is 21.1. The molecular weight excluding hydrogens is 357 g/mol. The summed E-state index contributed by atoms with van der Waals surface area (Å²) in [5, 5.41) is 2.99. The van der Waals surface area contributed by atoms with Crippen LogP contribution in [0.15, 0.2) is 18.2 Å². The van der Waals surface area contributed by atoms with Crippen LogP contribution in [-0.2, 0) is 12.4 Å². The van der Waals surface area contributed by atoms with Crippen LogP contribution in [0.25, 0.3) is 0 Å². The molecule has 1 aromatic carbocycles. The van der Waals surface area contributed by atoms with Gasteiger partial charge in [0.05, 0.1) is 11.1 Å². The maximum absolute atomic E-state index is 12.7. The largest absolute Gasteiger partial charge is 0.416 e. The molecule has 1 heterocycles. The van der Waals surface area contributed by atoms with E-state index in [0.717, 1.165) is 12.1 Å². The van der Waals surface area contributed by atoms with E-state index < -0.39 is 23.5 Å². The number of nitrogens with one attached hydrogen (secondary N) is 1. The molecule has 1 fully saturated rings. The normalized spacial score (nSPS) is 15.8. The van der Waals surface area contributed by atoms with Crippen LogP contribution in [0.1, 0.15) is 11.1 Å². The number of anilines is 1. The molecule has 0 atom stereocenters. The molecule has 1 N–H and O–H groups in total. The predicted molar refractivity (Wildman–Crippen MR) is 76.0 cm³/mol. The molecule has 0 unspecified atom stereocenters. The molecule has 2 nitrogen and oxygen atoms in total. The second kappa shape index (κ2) is 7.61. The third-order valence-corrected chi connectivity index (χ3v) is 3.05. The Labute approximate surface area is 135 Å². The van der Waals surface area contributed by atoms with Crippen molar-refractivity contribution in [1.29, 1.82) is 0 Å². The molecule has 1 saturated heterocycles. The van der Waals surface area contributed by atoms with Gasteiger partial charge >= 0.3 is 12.4 Å². The van der Waals surface area contributed by atoms with Crippen LogP contribution < -0.4 is 10.2 Å². The van der Waals surface area contributed by atoms with Gasteiger partial charge in [-0.1, -0.05) is 0 Å². The molecule has 0 aromatic heterocycles. The van der Waals surface area contributed by atoms with Crippen molar-refractivity contribution in [3.63, 3.8) is 0 Å². The lowest BCUT2D eigenvalue weighted by Gasteiger charge is -2.30. The van der Waals surface area contributed by atoms with Gasteiger partial charge in [0, 0.05) is 31.9 Å². The Kier molecular flexibility index (Phi) is 7.31. The Hall–Kier alpha value is -0.860. The van der Waals surface area contributed by atoms with Crippen LogP contribution in [0.2, 0.25) is 0 Å². The summed E-state index contributed by atoms with van der Waals surface area (Å²) in [6, 6.07) is 1.67. The molecule has 0 spiro atoms.